The van der Waals surface area contributed by atoms with Crippen molar-refractivity contribution >= 4 is 5.97 Å². The summed E-state index contributed by atoms with van der Waals surface area (Å²) in [5.41, 5.74) is -0.629. The van der Waals surface area contributed by atoms with Gasteiger partial charge in [0.25, 0.3) is 0 Å². The van der Waals surface area contributed by atoms with E-state index in [-0.39, 0.29) is 41.8 Å². The lowest BCUT2D eigenvalue weighted by atomic mass is 9.42. The molecule has 3 aliphatic heterocycles. The Balaban J connectivity index is 0.989. The zero-order chi connectivity index (χ0) is 35.0. The van der Waals surface area contributed by atoms with Crippen molar-refractivity contribution in [1.29, 1.82) is 0 Å². The number of carbonyl (C=O) groups excluding carboxylic acids is 1. The summed E-state index contributed by atoms with van der Waals surface area (Å²) >= 11 is 0. The predicted octanol–water partition coefficient (Wildman–Crippen LogP) is 0.934. The Bertz CT molecular complexity index is 1260. The van der Waals surface area contributed by atoms with Gasteiger partial charge in [-0.1, -0.05) is 13.8 Å². The molecule has 0 aromatic heterocycles. The van der Waals surface area contributed by atoms with Crippen LogP contribution in [0.15, 0.2) is 11.6 Å². The summed E-state index contributed by atoms with van der Waals surface area (Å²) in [5, 5.41) is 64.9. The molecule has 2 saturated heterocycles. The van der Waals surface area contributed by atoms with Crippen LogP contribution < -0.4 is 0 Å². The van der Waals surface area contributed by atoms with Gasteiger partial charge >= 0.3 is 5.97 Å². The Morgan fingerprint density at radius 1 is 0.959 bits per heavy atom. The number of hydrogen-bond donors (Lipinski definition) is 6. The predicted molar refractivity (Wildman–Crippen MR) is 170 cm³/mol. The fourth-order valence-corrected chi connectivity index (χ4v) is 11.7. The lowest BCUT2D eigenvalue weighted by molar-refractivity contribution is -0.345. The zero-order valence-electron chi connectivity index (χ0n) is 29.1. The Morgan fingerprint density at radius 3 is 2.43 bits per heavy atom. The third kappa shape index (κ3) is 5.83. The van der Waals surface area contributed by atoms with Crippen LogP contribution in [0, 0.1) is 34.5 Å². The molecule has 6 N–H and O–H groups in total. The van der Waals surface area contributed by atoms with Gasteiger partial charge in [0.15, 0.2) is 12.6 Å². The largest absolute Gasteiger partial charge is 0.458 e. The van der Waals surface area contributed by atoms with Crippen molar-refractivity contribution in [3.8, 4) is 0 Å². The molecule has 0 aromatic rings. The Kier molecular flexibility index (Phi) is 9.82. The lowest BCUT2D eigenvalue weighted by Gasteiger charge is -2.65. The molecule has 13 nitrogen and oxygen atoms in total. The van der Waals surface area contributed by atoms with Crippen molar-refractivity contribution in [2.45, 2.75) is 152 Å². The van der Waals surface area contributed by atoms with Gasteiger partial charge in [0.05, 0.1) is 36.6 Å². The molecule has 0 amide bonds. The molecule has 7 rings (SSSR count). The van der Waals surface area contributed by atoms with Gasteiger partial charge in [0.1, 0.15) is 37.1 Å². The number of aliphatic hydroxyl groups is 6. The van der Waals surface area contributed by atoms with E-state index in [1.54, 1.807) is 13.2 Å². The smallest absolute Gasteiger partial charge is 0.331 e. The van der Waals surface area contributed by atoms with Crippen LogP contribution in [0.3, 0.4) is 0 Å². The molecule has 6 fully saturated rings. The van der Waals surface area contributed by atoms with E-state index in [9.17, 15) is 35.4 Å². The number of aliphatic hydroxyl groups excluding tert-OH is 5. The van der Waals surface area contributed by atoms with Crippen LogP contribution in [0.25, 0.3) is 0 Å². The van der Waals surface area contributed by atoms with E-state index in [0.29, 0.717) is 25.2 Å². The van der Waals surface area contributed by atoms with Crippen molar-refractivity contribution in [3.63, 3.8) is 0 Å². The van der Waals surface area contributed by atoms with Gasteiger partial charge in [0, 0.05) is 25.0 Å². The first kappa shape index (κ1) is 36.1. The van der Waals surface area contributed by atoms with Crippen LogP contribution in [0.4, 0.5) is 0 Å². The van der Waals surface area contributed by atoms with E-state index in [4.69, 9.17) is 28.4 Å². The van der Waals surface area contributed by atoms with Crippen LogP contribution in [0.5, 0.6) is 0 Å². The van der Waals surface area contributed by atoms with E-state index in [1.807, 2.05) is 6.92 Å². The quantitative estimate of drug-likeness (QED) is 0.163. The molecule has 0 unspecified atom stereocenters. The van der Waals surface area contributed by atoms with Crippen molar-refractivity contribution in [1.82, 2.24) is 0 Å². The van der Waals surface area contributed by atoms with Crippen LogP contribution in [0.1, 0.15) is 78.6 Å². The average Bonchev–Trinajstić information content (AvgIpc) is 3.61. The molecule has 4 aliphatic carbocycles. The molecule has 0 bridgehead atoms. The fraction of sp³-hybridized carbons (Fsp3) is 0.917. The van der Waals surface area contributed by atoms with E-state index < -0.39 is 79.0 Å². The molecule has 278 valence electrons. The summed E-state index contributed by atoms with van der Waals surface area (Å²) in [7, 11) is 1.56. The van der Waals surface area contributed by atoms with E-state index in [1.165, 1.54) is 0 Å². The fourth-order valence-electron chi connectivity index (χ4n) is 11.7. The number of esters is 1. The molecule has 0 radical (unpaired) electrons. The van der Waals surface area contributed by atoms with Gasteiger partial charge in [-0.05, 0) is 93.0 Å². The second-order valence-electron chi connectivity index (χ2n) is 16.6. The average molecular weight is 697 g/mol. The van der Waals surface area contributed by atoms with Gasteiger partial charge in [-0.2, -0.15) is 0 Å². The summed E-state index contributed by atoms with van der Waals surface area (Å²) < 4.78 is 35.5. The van der Waals surface area contributed by atoms with Gasteiger partial charge in [-0.3, -0.25) is 0 Å². The minimum atomic E-state index is -1.55. The SMILES string of the molecule is CO[C@H]1C[C@H](O[C@H]2CC[C@@]3(C)[C@H](CC[C@@H]4[C@@H]3[C@H](O)C[C@]3(C)[C@@H](C5=CC(=O)OC5)CC[C@]43O)C2)O[C@H](C)[C@@H]1O[C@@H]1O[C@H](CO)[C@@H](O)[C@H](O)[C@H]1O. The van der Waals surface area contributed by atoms with E-state index >= 15 is 0 Å². The maximum atomic E-state index is 12.5. The molecule has 13 heteroatoms. The van der Waals surface area contributed by atoms with E-state index in [0.717, 1.165) is 44.1 Å². The summed E-state index contributed by atoms with van der Waals surface area (Å²) in [4.78, 5) is 11.9. The Morgan fingerprint density at radius 2 is 1.73 bits per heavy atom. The first-order chi connectivity index (χ1) is 23.2. The third-order valence-corrected chi connectivity index (χ3v) is 14.3. The number of ether oxygens (including phenoxy) is 6. The minimum absolute atomic E-state index is 0.0187. The Labute approximate surface area is 287 Å². The third-order valence-electron chi connectivity index (χ3n) is 14.3. The normalized spacial score (nSPS) is 54.4. The van der Waals surface area contributed by atoms with Crippen molar-refractivity contribution < 1.29 is 63.9 Å². The van der Waals surface area contributed by atoms with E-state index in [2.05, 4.69) is 13.8 Å². The molecular formula is C36H56O13. The van der Waals surface area contributed by atoms with Crippen molar-refractivity contribution in [2.24, 2.45) is 34.5 Å². The number of rotatable bonds is 7. The first-order valence-corrected chi connectivity index (χ1v) is 18.3. The van der Waals surface area contributed by atoms with Gasteiger partial charge in [-0.15, -0.1) is 0 Å². The van der Waals surface area contributed by atoms with Crippen molar-refractivity contribution in [2.75, 3.05) is 20.3 Å². The van der Waals surface area contributed by atoms with Crippen LogP contribution in [-0.2, 0) is 33.2 Å². The first-order valence-electron chi connectivity index (χ1n) is 18.3. The van der Waals surface area contributed by atoms with Crippen LogP contribution in [-0.4, -0.2) is 130 Å². The molecule has 0 spiro atoms. The highest BCUT2D eigenvalue weighted by molar-refractivity contribution is 5.85. The lowest BCUT2D eigenvalue weighted by Crippen LogP contribution is -2.66. The number of hydrogen-bond acceptors (Lipinski definition) is 13. The molecule has 4 saturated carbocycles. The summed E-state index contributed by atoms with van der Waals surface area (Å²) in [6.45, 7) is 5.97. The molecular weight excluding hydrogens is 640 g/mol. The van der Waals surface area contributed by atoms with Gasteiger partial charge in [0.2, 0.25) is 0 Å². The summed E-state index contributed by atoms with van der Waals surface area (Å²) in [6.07, 6.45) is -1.58. The number of cyclic esters (lactones) is 1. The maximum Gasteiger partial charge on any atom is 0.331 e. The minimum Gasteiger partial charge on any atom is -0.458 e. The maximum absolute atomic E-state index is 12.5. The highest BCUT2D eigenvalue weighted by Gasteiger charge is 2.70. The number of fused-ring (bicyclic) bond motifs is 5. The summed E-state index contributed by atoms with van der Waals surface area (Å²) in [6, 6.07) is 0. The molecule has 18 atom stereocenters. The Hall–Kier alpha value is -1.23. The second-order valence-corrected chi connectivity index (χ2v) is 16.6. The molecule has 7 aliphatic rings. The van der Waals surface area contributed by atoms with Gasteiger partial charge in [-0.25, -0.2) is 4.79 Å². The van der Waals surface area contributed by atoms with Gasteiger partial charge < -0.3 is 59.1 Å². The molecule has 0 aromatic carbocycles. The highest BCUT2D eigenvalue weighted by Crippen LogP contribution is 2.70. The van der Waals surface area contributed by atoms with Crippen LogP contribution >= 0.6 is 0 Å². The standard InChI is InChI=1S/C36H56O13/c1-17-32(49-33-31(42)30(41)29(40)25(15-37)48-33)24(44-4)13-27(46-17)47-20-7-9-34(2)19(12-20)5-6-22-28(34)23(38)14-35(3)21(8-10-36(22,35)43)18-11-26(39)45-16-18/h11,17,19-25,27-33,37-38,40-43H,5-10,12-16H2,1-4H3/t17-,19-,20+,21-,22-,23-,24+,25-,27+,28-,29-,30+,31-,32+,33+,34+,35-,36+/m1/s1. The highest BCUT2D eigenvalue weighted by atomic mass is 16.7. The van der Waals surface area contributed by atoms with Crippen molar-refractivity contribution in [3.05, 3.63) is 11.6 Å². The molecule has 3 heterocycles. The summed E-state index contributed by atoms with van der Waals surface area (Å²) in [5.74, 6) is -0.0252. The monoisotopic (exact) mass is 696 g/mol. The van der Waals surface area contributed by atoms with Crippen LogP contribution in [0.2, 0.25) is 0 Å². The topological polar surface area (TPSA) is 194 Å². The number of carbonyl (C=O) groups is 1. The zero-order valence-corrected chi connectivity index (χ0v) is 29.1. The number of methoxy groups -OCH3 is 1. The second kappa shape index (κ2) is 13.3. The molecule has 49 heavy (non-hydrogen) atoms.